The second-order valence-corrected chi connectivity index (χ2v) is 3.00. The van der Waals surface area contributed by atoms with Crippen LogP contribution >= 0.6 is 0 Å². The Kier molecular flexibility index (Phi) is 1.46. The highest BCUT2D eigenvalue weighted by atomic mass is 14.9. The second kappa shape index (κ2) is 2.45. The van der Waals surface area contributed by atoms with Crippen LogP contribution in [-0.4, -0.2) is 18.8 Å². The molecule has 0 spiro atoms. The molecule has 2 nitrogen and oxygen atoms in total. The van der Waals surface area contributed by atoms with Crippen LogP contribution in [0.4, 0.5) is 0 Å². The summed E-state index contributed by atoms with van der Waals surface area (Å²) in [5, 5.41) is 3.32. The molecule has 0 aromatic heterocycles. The van der Waals surface area contributed by atoms with E-state index in [1.807, 2.05) is 0 Å². The third-order valence-electron chi connectivity index (χ3n) is 2.31. The van der Waals surface area contributed by atoms with Crippen LogP contribution in [0.25, 0.3) is 0 Å². The van der Waals surface area contributed by atoms with Gasteiger partial charge in [0.05, 0.1) is 0 Å². The molecule has 0 saturated carbocycles. The maximum atomic E-state index is 3.32. The Labute approximate surface area is 61.0 Å². The summed E-state index contributed by atoms with van der Waals surface area (Å²) in [6, 6.07) is 0.582. The molecule has 0 fully saturated rings. The van der Waals surface area contributed by atoms with Gasteiger partial charge in [0.1, 0.15) is 12.6 Å². The summed E-state index contributed by atoms with van der Waals surface area (Å²) in [5.41, 5.74) is 0. The summed E-state index contributed by atoms with van der Waals surface area (Å²) in [5.74, 6) is 0.839. The zero-order valence-corrected chi connectivity index (χ0v) is 6.01. The number of hydrogen-bond acceptors (Lipinski definition) is 1. The van der Waals surface area contributed by atoms with Gasteiger partial charge in [0, 0.05) is 6.42 Å². The maximum Gasteiger partial charge on any atom is 0.160 e. The Morgan fingerprint density at radius 2 is 2.50 bits per heavy atom. The summed E-state index contributed by atoms with van der Waals surface area (Å²) < 4.78 is 0. The van der Waals surface area contributed by atoms with Gasteiger partial charge in [-0.3, -0.25) is 0 Å². The first kappa shape index (κ1) is 5.96. The molecule has 2 heteroatoms. The van der Waals surface area contributed by atoms with Crippen molar-refractivity contribution < 1.29 is 4.99 Å². The molecule has 2 aliphatic rings. The van der Waals surface area contributed by atoms with Gasteiger partial charge in [-0.25, -0.2) is 4.99 Å². The van der Waals surface area contributed by atoms with Crippen molar-refractivity contribution in [2.45, 2.75) is 18.9 Å². The first-order valence-corrected chi connectivity index (χ1v) is 3.94. The zero-order valence-electron chi connectivity index (χ0n) is 6.01. The largest absolute Gasteiger partial charge is 0.379 e. The molecule has 0 aromatic rings. The molecular weight excluding hydrogens is 124 g/mol. The Morgan fingerprint density at radius 3 is 3.40 bits per heavy atom. The smallest absolute Gasteiger partial charge is 0.160 e. The summed E-state index contributed by atoms with van der Waals surface area (Å²) >= 11 is 0. The quantitative estimate of drug-likeness (QED) is 0.441. The molecule has 0 radical (unpaired) electrons. The molecule has 2 atom stereocenters. The van der Waals surface area contributed by atoms with Crippen LogP contribution in [0, 0.1) is 5.92 Å². The second-order valence-electron chi connectivity index (χ2n) is 3.00. The highest BCUT2D eigenvalue weighted by Gasteiger charge is 2.25. The van der Waals surface area contributed by atoms with E-state index in [1.54, 1.807) is 0 Å². The molecule has 2 rings (SSSR count). The van der Waals surface area contributed by atoms with Crippen LogP contribution in [0.5, 0.6) is 0 Å². The molecule has 0 aliphatic carbocycles. The summed E-state index contributed by atoms with van der Waals surface area (Å²) in [6.07, 6.45) is 9.01. The minimum absolute atomic E-state index is 0.582. The fourth-order valence-corrected chi connectivity index (χ4v) is 1.67. The van der Waals surface area contributed by atoms with Gasteiger partial charge < -0.3 is 5.32 Å². The number of fused-ring (bicyclic) bond motifs is 1. The van der Waals surface area contributed by atoms with Gasteiger partial charge in [-0.05, 0) is 18.5 Å². The van der Waals surface area contributed by atoms with E-state index < -0.39 is 0 Å². The normalized spacial score (nSPS) is 36.8. The molecule has 2 N–H and O–H groups in total. The Bertz CT molecular complexity index is 172. The monoisotopic (exact) mass is 137 g/mol. The molecule has 2 aliphatic heterocycles. The predicted molar refractivity (Wildman–Crippen MR) is 40.7 cm³/mol. The Hall–Kier alpha value is -0.790. The topological polar surface area (TPSA) is 26.0 Å². The van der Waals surface area contributed by atoms with Crippen molar-refractivity contribution in [3.8, 4) is 0 Å². The fourth-order valence-electron chi connectivity index (χ4n) is 1.67. The zero-order chi connectivity index (χ0) is 6.81. The molecule has 0 aromatic carbocycles. The fraction of sp³-hybridized carbons (Fsp3) is 0.625. The van der Waals surface area contributed by atoms with Crippen molar-refractivity contribution in [2.24, 2.45) is 5.92 Å². The van der Waals surface area contributed by atoms with Crippen LogP contribution in [0.15, 0.2) is 12.3 Å². The van der Waals surface area contributed by atoms with Gasteiger partial charge in [-0.1, -0.05) is 6.08 Å². The van der Waals surface area contributed by atoms with Crippen molar-refractivity contribution in [3.63, 3.8) is 0 Å². The number of rotatable bonds is 0. The lowest BCUT2D eigenvalue weighted by molar-refractivity contribution is -0.461. The van der Waals surface area contributed by atoms with Gasteiger partial charge in [-0.2, -0.15) is 0 Å². The number of allylic oxidation sites excluding steroid dienone is 1. The first-order valence-electron chi connectivity index (χ1n) is 3.94. The highest BCUT2D eigenvalue weighted by Crippen LogP contribution is 2.16. The van der Waals surface area contributed by atoms with E-state index in [4.69, 9.17) is 0 Å². The standard InChI is InChI=1S/C8H12N2/c1-2-7-3-5-9-6-8(7)10-4-1/h1,4,6-8,10H,2-3,5H2/p+1. The number of nitrogens with one attached hydrogen (secondary N) is 2. The maximum absolute atomic E-state index is 3.32. The number of hydrogen-bond donors (Lipinski definition) is 2. The van der Waals surface area contributed by atoms with E-state index in [2.05, 4.69) is 28.8 Å². The third-order valence-corrected chi connectivity index (χ3v) is 2.31. The summed E-state index contributed by atoms with van der Waals surface area (Å²) in [7, 11) is 0. The minimum Gasteiger partial charge on any atom is -0.379 e. The molecule has 54 valence electrons. The lowest BCUT2D eigenvalue weighted by Crippen LogP contribution is -2.75. The lowest BCUT2D eigenvalue weighted by atomic mass is 9.90. The van der Waals surface area contributed by atoms with Crippen LogP contribution in [-0.2, 0) is 0 Å². The van der Waals surface area contributed by atoms with Gasteiger partial charge in [-0.15, -0.1) is 0 Å². The van der Waals surface area contributed by atoms with Crippen LogP contribution in [0.1, 0.15) is 12.8 Å². The molecule has 2 unspecified atom stereocenters. The van der Waals surface area contributed by atoms with Crippen LogP contribution in [0.2, 0.25) is 0 Å². The minimum atomic E-state index is 0.582. The van der Waals surface area contributed by atoms with Gasteiger partial charge >= 0.3 is 0 Å². The third kappa shape index (κ3) is 0.939. The predicted octanol–water partition coefficient (Wildman–Crippen LogP) is -0.967. The lowest BCUT2D eigenvalue weighted by Gasteiger charge is -2.26. The van der Waals surface area contributed by atoms with Gasteiger partial charge in [0.2, 0.25) is 0 Å². The van der Waals surface area contributed by atoms with Gasteiger partial charge in [0.15, 0.2) is 6.21 Å². The molecule has 0 amide bonds. The van der Waals surface area contributed by atoms with E-state index in [1.165, 1.54) is 12.8 Å². The highest BCUT2D eigenvalue weighted by molar-refractivity contribution is 5.60. The average molecular weight is 137 g/mol. The van der Waals surface area contributed by atoms with Crippen LogP contribution in [0.3, 0.4) is 0 Å². The Balaban J connectivity index is 2.12. The van der Waals surface area contributed by atoms with E-state index >= 15 is 0 Å². The summed E-state index contributed by atoms with van der Waals surface area (Å²) in [6.45, 7) is 1.15. The summed E-state index contributed by atoms with van der Waals surface area (Å²) in [4.78, 5) is 3.26. The van der Waals surface area contributed by atoms with Crippen molar-refractivity contribution in [2.75, 3.05) is 6.54 Å². The SMILES string of the molecule is C1=CNC2C=[NH+]CCC2C1. The van der Waals surface area contributed by atoms with Crippen molar-refractivity contribution in [1.82, 2.24) is 5.32 Å². The Morgan fingerprint density at radius 1 is 1.50 bits per heavy atom. The average Bonchev–Trinajstić information content (AvgIpc) is 2.05. The molecule has 0 bridgehead atoms. The van der Waals surface area contributed by atoms with E-state index in [9.17, 15) is 0 Å². The van der Waals surface area contributed by atoms with Crippen molar-refractivity contribution in [1.29, 1.82) is 0 Å². The van der Waals surface area contributed by atoms with E-state index in [0.717, 1.165) is 12.5 Å². The van der Waals surface area contributed by atoms with E-state index in [-0.39, 0.29) is 0 Å². The molecule has 10 heavy (non-hydrogen) atoms. The van der Waals surface area contributed by atoms with Crippen molar-refractivity contribution in [3.05, 3.63) is 12.3 Å². The van der Waals surface area contributed by atoms with Crippen LogP contribution < -0.4 is 10.3 Å². The molecular formula is C8H13N2+. The molecule has 0 saturated heterocycles. The van der Waals surface area contributed by atoms with E-state index in [0.29, 0.717) is 6.04 Å². The first-order chi connectivity index (χ1) is 4.97. The van der Waals surface area contributed by atoms with Crippen molar-refractivity contribution >= 4 is 6.21 Å². The molecule has 2 heterocycles. The van der Waals surface area contributed by atoms with Gasteiger partial charge in [0.25, 0.3) is 0 Å².